The molecule has 0 saturated carbocycles. The van der Waals surface area contributed by atoms with E-state index in [1.54, 1.807) is 0 Å². The highest BCUT2D eigenvalue weighted by Gasteiger charge is 2.42. The first-order chi connectivity index (χ1) is 16.9. The number of para-hydroxylation sites is 1. The molecule has 0 amide bonds. The van der Waals surface area contributed by atoms with Crippen LogP contribution in [0.15, 0.2) is 77.4 Å². The Morgan fingerprint density at radius 2 is 1.77 bits per heavy atom. The first kappa shape index (κ1) is 23.8. The second kappa shape index (κ2) is 9.59. The van der Waals surface area contributed by atoms with Crippen LogP contribution in [0.2, 0.25) is 0 Å². The van der Waals surface area contributed by atoms with Crippen LogP contribution in [-0.2, 0) is 6.42 Å². The van der Waals surface area contributed by atoms with Crippen LogP contribution >= 0.6 is 28.1 Å². The molecule has 4 aromatic rings. The molecule has 4 nitrogen and oxygen atoms in total. The Morgan fingerprint density at radius 1 is 1.00 bits per heavy atom. The summed E-state index contributed by atoms with van der Waals surface area (Å²) in [6, 6.07) is 23.4. The van der Waals surface area contributed by atoms with Crippen LogP contribution in [-0.4, -0.2) is 14.7 Å². The molecule has 6 heteroatoms. The molecule has 0 unspecified atom stereocenters. The zero-order valence-electron chi connectivity index (χ0n) is 20.4. The summed E-state index contributed by atoms with van der Waals surface area (Å²) in [4.78, 5) is 6.97. The van der Waals surface area contributed by atoms with Crippen molar-refractivity contribution in [3.63, 3.8) is 0 Å². The number of pyridine rings is 1. The van der Waals surface area contributed by atoms with E-state index in [-0.39, 0.29) is 12.1 Å². The van der Waals surface area contributed by atoms with Crippen molar-refractivity contribution in [1.82, 2.24) is 14.9 Å². The molecule has 1 N–H and O–H groups in total. The lowest BCUT2D eigenvalue weighted by atomic mass is 9.96. The minimum Gasteiger partial charge on any atom is -0.351 e. The molecule has 2 aromatic carbocycles. The molecule has 2 aromatic heterocycles. The molecular formula is C29H29BrN4S. The van der Waals surface area contributed by atoms with Crippen LogP contribution in [0, 0.1) is 20.8 Å². The number of thiocarbonyl (C=S) groups is 1. The quantitative estimate of drug-likeness (QED) is 0.267. The van der Waals surface area contributed by atoms with Crippen molar-refractivity contribution < 1.29 is 0 Å². The van der Waals surface area contributed by atoms with Gasteiger partial charge >= 0.3 is 0 Å². The summed E-state index contributed by atoms with van der Waals surface area (Å²) in [5.74, 6) is 0. The Balaban J connectivity index is 1.70. The van der Waals surface area contributed by atoms with Crippen molar-refractivity contribution in [2.75, 3.05) is 4.90 Å². The topological polar surface area (TPSA) is 33.1 Å². The minimum atomic E-state index is -0.0666. The smallest absolute Gasteiger partial charge is 0.174 e. The third-order valence-electron chi connectivity index (χ3n) is 6.92. The number of aromatic nitrogens is 2. The lowest BCUT2D eigenvalue weighted by Gasteiger charge is -2.28. The van der Waals surface area contributed by atoms with Gasteiger partial charge in [0.1, 0.15) is 0 Å². The predicted molar refractivity (Wildman–Crippen MR) is 151 cm³/mol. The van der Waals surface area contributed by atoms with Gasteiger partial charge in [0, 0.05) is 33.4 Å². The molecule has 1 aliphatic heterocycles. The Labute approximate surface area is 221 Å². The molecule has 1 aliphatic rings. The maximum absolute atomic E-state index is 5.94. The number of hydrogen-bond donors (Lipinski definition) is 1. The van der Waals surface area contributed by atoms with Crippen molar-refractivity contribution >= 4 is 38.9 Å². The van der Waals surface area contributed by atoms with Crippen molar-refractivity contribution in [3.8, 4) is 5.69 Å². The van der Waals surface area contributed by atoms with Gasteiger partial charge in [0.05, 0.1) is 17.8 Å². The SMILES string of the molecule is CCc1ccccc1-n1c(C)cc([C@@H]2[C@@H](c3ccccn3)NC(=S)N2c2ccc(Br)c(C)c2)c1C. The molecule has 3 heterocycles. The predicted octanol–water partition coefficient (Wildman–Crippen LogP) is 7.30. The number of nitrogens with one attached hydrogen (secondary N) is 1. The molecule has 5 rings (SSSR count). The Hall–Kier alpha value is -2.96. The molecule has 1 saturated heterocycles. The van der Waals surface area contributed by atoms with E-state index in [0.717, 1.165) is 22.3 Å². The molecule has 2 atom stereocenters. The van der Waals surface area contributed by atoms with Gasteiger partial charge in [-0.2, -0.15) is 0 Å². The third kappa shape index (κ3) is 4.19. The third-order valence-corrected chi connectivity index (χ3v) is 8.12. The van der Waals surface area contributed by atoms with E-state index in [1.807, 2.05) is 18.3 Å². The summed E-state index contributed by atoms with van der Waals surface area (Å²) in [6.45, 7) is 8.73. The second-order valence-electron chi connectivity index (χ2n) is 9.07. The monoisotopic (exact) mass is 544 g/mol. The largest absolute Gasteiger partial charge is 0.351 e. The average Bonchev–Trinajstić information content (AvgIpc) is 3.36. The summed E-state index contributed by atoms with van der Waals surface area (Å²) in [5, 5.41) is 4.31. The zero-order valence-corrected chi connectivity index (χ0v) is 22.8. The van der Waals surface area contributed by atoms with Gasteiger partial charge in [-0.1, -0.05) is 47.1 Å². The van der Waals surface area contributed by atoms with Crippen LogP contribution in [0.25, 0.3) is 5.69 Å². The molecule has 1 fully saturated rings. The summed E-state index contributed by atoms with van der Waals surface area (Å²) in [7, 11) is 0. The molecular weight excluding hydrogens is 516 g/mol. The van der Waals surface area contributed by atoms with Crippen LogP contribution in [0.1, 0.15) is 52.8 Å². The summed E-state index contributed by atoms with van der Waals surface area (Å²) < 4.78 is 3.47. The van der Waals surface area contributed by atoms with E-state index in [9.17, 15) is 0 Å². The highest BCUT2D eigenvalue weighted by atomic mass is 79.9. The number of anilines is 1. The van der Waals surface area contributed by atoms with Crippen molar-refractivity contribution in [1.29, 1.82) is 0 Å². The summed E-state index contributed by atoms with van der Waals surface area (Å²) >= 11 is 9.58. The highest BCUT2D eigenvalue weighted by molar-refractivity contribution is 9.10. The Bertz CT molecular complexity index is 1400. The van der Waals surface area contributed by atoms with Crippen LogP contribution < -0.4 is 10.2 Å². The average molecular weight is 546 g/mol. The maximum Gasteiger partial charge on any atom is 0.174 e. The highest BCUT2D eigenvalue weighted by Crippen LogP contribution is 2.44. The van der Waals surface area contributed by atoms with Gasteiger partial charge in [0.25, 0.3) is 0 Å². The molecule has 35 heavy (non-hydrogen) atoms. The van der Waals surface area contributed by atoms with Gasteiger partial charge in [0.2, 0.25) is 0 Å². The van der Waals surface area contributed by atoms with Crippen LogP contribution in [0.3, 0.4) is 0 Å². The molecule has 0 spiro atoms. The van der Waals surface area contributed by atoms with Gasteiger partial charge in [0.15, 0.2) is 5.11 Å². The fraction of sp³-hybridized carbons (Fsp3) is 0.241. The standard InChI is InChI=1S/C29H29BrN4S/c1-5-21-10-6-7-12-26(21)33-19(3)17-23(20(33)4)28-27(25-11-8-9-15-31-25)32-29(35)34(28)22-13-14-24(30)18(2)16-22/h6-17,27-28H,5H2,1-4H3,(H,32,35)/t27-,28-/m1/s1. The van der Waals surface area contributed by atoms with Gasteiger partial charge in [-0.3, -0.25) is 4.98 Å². The van der Waals surface area contributed by atoms with E-state index >= 15 is 0 Å². The molecule has 0 radical (unpaired) electrons. The Kier molecular flexibility index (Phi) is 6.51. The molecule has 0 bridgehead atoms. The molecule has 0 aliphatic carbocycles. The van der Waals surface area contributed by atoms with E-state index in [4.69, 9.17) is 17.2 Å². The lowest BCUT2D eigenvalue weighted by Crippen LogP contribution is -2.29. The van der Waals surface area contributed by atoms with Crippen molar-refractivity contribution in [2.45, 2.75) is 46.2 Å². The van der Waals surface area contributed by atoms with Crippen molar-refractivity contribution in [2.24, 2.45) is 0 Å². The first-order valence-electron chi connectivity index (χ1n) is 11.9. The van der Waals surface area contributed by atoms with Crippen molar-refractivity contribution in [3.05, 3.63) is 111 Å². The second-order valence-corrected chi connectivity index (χ2v) is 10.3. The van der Waals surface area contributed by atoms with Gasteiger partial charge in [-0.25, -0.2) is 0 Å². The number of hydrogen-bond acceptors (Lipinski definition) is 2. The number of rotatable bonds is 5. The fourth-order valence-corrected chi connectivity index (χ4v) is 5.81. The number of benzene rings is 2. The van der Waals surface area contributed by atoms with E-state index in [1.165, 1.54) is 33.8 Å². The van der Waals surface area contributed by atoms with Gasteiger partial charge in [-0.15, -0.1) is 0 Å². The van der Waals surface area contributed by atoms with Gasteiger partial charge in [-0.05, 0) is 98.6 Å². The summed E-state index contributed by atoms with van der Waals surface area (Å²) in [6.07, 6.45) is 2.84. The summed E-state index contributed by atoms with van der Waals surface area (Å²) in [5.41, 5.74) is 9.49. The normalized spacial score (nSPS) is 17.6. The van der Waals surface area contributed by atoms with Crippen LogP contribution in [0.4, 0.5) is 5.69 Å². The number of aryl methyl sites for hydroxylation is 3. The Morgan fingerprint density at radius 3 is 2.49 bits per heavy atom. The maximum atomic E-state index is 5.94. The minimum absolute atomic E-state index is 0.0354. The first-order valence-corrected chi connectivity index (χ1v) is 13.1. The molecule has 178 valence electrons. The van der Waals surface area contributed by atoms with E-state index in [0.29, 0.717) is 5.11 Å². The lowest BCUT2D eigenvalue weighted by molar-refractivity contribution is 0.565. The fourth-order valence-electron chi connectivity index (χ4n) is 5.21. The van der Waals surface area contributed by atoms with Gasteiger partial charge < -0.3 is 14.8 Å². The number of nitrogens with zero attached hydrogens (tertiary/aromatic N) is 3. The van der Waals surface area contributed by atoms with Crippen LogP contribution in [0.5, 0.6) is 0 Å². The number of halogens is 1. The van der Waals surface area contributed by atoms with E-state index < -0.39 is 0 Å². The van der Waals surface area contributed by atoms with E-state index in [2.05, 4.69) is 113 Å². The zero-order chi connectivity index (χ0) is 24.7.